The molecule has 0 saturated carbocycles. The van der Waals surface area contributed by atoms with E-state index in [1.807, 2.05) is 27.7 Å². The molecular formula is C22H48. The first-order valence-electron chi connectivity index (χ1n) is 9.72. The van der Waals surface area contributed by atoms with Gasteiger partial charge in [-0.15, -0.1) is 0 Å². The molecule has 0 atom stereocenters. The monoisotopic (exact) mass is 312 g/mol. The summed E-state index contributed by atoms with van der Waals surface area (Å²) in [5.74, 6) is 2.29. The number of allylic oxidation sites excluding steroid dienone is 3. The average Bonchev–Trinajstić information content (AvgIpc) is 2.54. The number of hydrogen-bond donors (Lipinski definition) is 0. The van der Waals surface area contributed by atoms with Gasteiger partial charge in [-0.3, -0.25) is 0 Å². The Balaban J connectivity index is -0.000000121. The Morgan fingerprint density at radius 1 is 0.773 bits per heavy atom. The summed E-state index contributed by atoms with van der Waals surface area (Å²) in [4.78, 5) is 0. The van der Waals surface area contributed by atoms with Crippen molar-refractivity contribution >= 4 is 0 Å². The SMILES string of the molecule is C=C(CC)CC(CC)CC.CC.CC.CC(C)/C=C\C(C)C. The molecule has 0 spiro atoms. The van der Waals surface area contributed by atoms with E-state index in [1.165, 1.54) is 24.8 Å². The quantitative estimate of drug-likeness (QED) is 0.412. The van der Waals surface area contributed by atoms with Crippen molar-refractivity contribution in [3.8, 4) is 0 Å². The molecule has 136 valence electrons. The maximum absolute atomic E-state index is 4.01. The second-order valence-electron chi connectivity index (χ2n) is 5.86. The lowest BCUT2D eigenvalue weighted by Gasteiger charge is -2.12. The molecule has 0 aliphatic carbocycles. The van der Waals surface area contributed by atoms with Crippen LogP contribution in [0, 0.1) is 17.8 Å². The molecule has 22 heavy (non-hydrogen) atoms. The number of hydrogen-bond acceptors (Lipinski definition) is 0. The van der Waals surface area contributed by atoms with Crippen LogP contribution in [0.25, 0.3) is 0 Å². The molecule has 0 amide bonds. The Labute approximate surface area is 144 Å². The van der Waals surface area contributed by atoms with Gasteiger partial charge in [0.15, 0.2) is 0 Å². The van der Waals surface area contributed by atoms with Crippen molar-refractivity contribution in [1.82, 2.24) is 0 Å². The molecule has 0 aromatic rings. The van der Waals surface area contributed by atoms with Crippen LogP contribution in [0.4, 0.5) is 0 Å². The zero-order chi connectivity index (χ0) is 18.6. The standard InChI is InChI=1S/C10H20.C8H16.2C2H6/c1-5-9(4)8-10(6-2)7-3;1-7(2)5-6-8(3)4;2*1-2/h10H,4-8H2,1-3H3;5-8H,1-4H3;2*1-2H3/b;6-5-;;. The van der Waals surface area contributed by atoms with Gasteiger partial charge in [0.1, 0.15) is 0 Å². The van der Waals surface area contributed by atoms with Crippen molar-refractivity contribution in [1.29, 1.82) is 0 Å². The Kier molecular flexibility index (Phi) is 34.1. The second kappa shape index (κ2) is 25.4. The first kappa shape index (κ1) is 29.5. The molecule has 0 unspecified atom stereocenters. The zero-order valence-electron chi connectivity index (χ0n) is 17.9. The molecule has 0 aliphatic heterocycles. The van der Waals surface area contributed by atoms with Gasteiger partial charge < -0.3 is 0 Å². The van der Waals surface area contributed by atoms with E-state index >= 15 is 0 Å². The first-order chi connectivity index (χ1) is 10.4. The minimum atomic E-state index is 0.706. The van der Waals surface area contributed by atoms with E-state index in [0.29, 0.717) is 11.8 Å². The van der Waals surface area contributed by atoms with Crippen molar-refractivity contribution in [2.75, 3.05) is 0 Å². The molecule has 0 radical (unpaired) electrons. The zero-order valence-corrected chi connectivity index (χ0v) is 17.9. The minimum Gasteiger partial charge on any atom is -0.0999 e. The molecule has 0 heteroatoms. The highest BCUT2D eigenvalue weighted by atomic mass is 14.1. The minimum absolute atomic E-state index is 0.706. The lowest BCUT2D eigenvalue weighted by molar-refractivity contribution is 0.484. The predicted molar refractivity (Wildman–Crippen MR) is 110 cm³/mol. The van der Waals surface area contributed by atoms with Crippen molar-refractivity contribution in [3.05, 3.63) is 24.3 Å². The summed E-state index contributed by atoms with van der Waals surface area (Å²) in [6.07, 6.45) is 9.47. The third-order valence-electron chi connectivity index (χ3n) is 3.11. The van der Waals surface area contributed by atoms with Gasteiger partial charge in [-0.2, -0.15) is 0 Å². The molecular weight excluding hydrogens is 264 g/mol. The van der Waals surface area contributed by atoms with E-state index in [-0.39, 0.29) is 0 Å². The fraction of sp³-hybridized carbons (Fsp3) is 0.818. The largest absolute Gasteiger partial charge is 0.0999 e. The van der Waals surface area contributed by atoms with Crippen LogP contribution in [0.5, 0.6) is 0 Å². The van der Waals surface area contributed by atoms with Gasteiger partial charge >= 0.3 is 0 Å². The van der Waals surface area contributed by atoms with Crippen LogP contribution < -0.4 is 0 Å². The summed E-state index contributed by atoms with van der Waals surface area (Å²) in [5, 5.41) is 0. The van der Waals surface area contributed by atoms with Crippen molar-refractivity contribution in [3.63, 3.8) is 0 Å². The molecule has 0 aliphatic rings. The first-order valence-corrected chi connectivity index (χ1v) is 9.72. The highest BCUT2D eigenvalue weighted by Gasteiger charge is 2.03. The van der Waals surface area contributed by atoms with Crippen LogP contribution in [-0.4, -0.2) is 0 Å². The van der Waals surface area contributed by atoms with E-state index < -0.39 is 0 Å². The summed E-state index contributed by atoms with van der Waals surface area (Å²) in [6.45, 7) is 27.5. The van der Waals surface area contributed by atoms with Crippen LogP contribution in [-0.2, 0) is 0 Å². The summed E-state index contributed by atoms with van der Waals surface area (Å²) in [5.41, 5.74) is 1.41. The molecule has 0 aromatic heterocycles. The fourth-order valence-corrected chi connectivity index (χ4v) is 1.57. The summed E-state index contributed by atoms with van der Waals surface area (Å²) >= 11 is 0. The molecule has 0 heterocycles. The Hall–Kier alpha value is -0.520. The summed E-state index contributed by atoms with van der Waals surface area (Å²) < 4.78 is 0. The van der Waals surface area contributed by atoms with E-state index in [2.05, 4.69) is 67.2 Å². The molecule has 0 fully saturated rings. The highest BCUT2D eigenvalue weighted by Crippen LogP contribution is 2.18. The van der Waals surface area contributed by atoms with Crippen LogP contribution in [0.3, 0.4) is 0 Å². The van der Waals surface area contributed by atoms with Gasteiger partial charge in [0.2, 0.25) is 0 Å². The lowest BCUT2D eigenvalue weighted by Crippen LogP contribution is -1.97. The molecule has 0 nitrogen and oxygen atoms in total. The van der Waals surface area contributed by atoms with Gasteiger partial charge in [0, 0.05) is 0 Å². The summed E-state index contributed by atoms with van der Waals surface area (Å²) in [7, 11) is 0. The van der Waals surface area contributed by atoms with Gasteiger partial charge in [-0.25, -0.2) is 0 Å². The lowest BCUT2D eigenvalue weighted by atomic mass is 9.94. The van der Waals surface area contributed by atoms with Crippen molar-refractivity contribution in [2.24, 2.45) is 17.8 Å². The van der Waals surface area contributed by atoms with E-state index in [1.54, 1.807) is 0 Å². The summed E-state index contributed by atoms with van der Waals surface area (Å²) in [6, 6.07) is 0. The number of rotatable bonds is 7. The van der Waals surface area contributed by atoms with E-state index in [9.17, 15) is 0 Å². The smallest absolute Gasteiger partial charge is 0.0290 e. The molecule has 0 saturated heterocycles. The van der Waals surface area contributed by atoms with Gasteiger partial charge in [0.25, 0.3) is 0 Å². The fourth-order valence-electron chi connectivity index (χ4n) is 1.57. The maximum atomic E-state index is 4.01. The van der Waals surface area contributed by atoms with Crippen LogP contribution in [0.15, 0.2) is 24.3 Å². The normalized spacial score (nSPS) is 9.73. The highest BCUT2D eigenvalue weighted by molar-refractivity contribution is 4.93. The Morgan fingerprint density at radius 2 is 1.09 bits per heavy atom. The van der Waals surface area contributed by atoms with Crippen LogP contribution >= 0.6 is 0 Å². The van der Waals surface area contributed by atoms with Crippen molar-refractivity contribution in [2.45, 2.75) is 102 Å². The molecule has 0 bridgehead atoms. The molecule has 0 N–H and O–H groups in total. The Morgan fingerprint density at radius 3 is 1.27 bits per heavy atom. The molecule has 0 aromatic carbocycles. The van der Waals surface area contributed by atoms with Crippen molar-refractivity contribution < 1.29 is 0 Å². The predicted octanol–water partition coefficient (Wildman–Crippen LogP) is 8.69. The van der Waals surface area contributed by atoms with Crippen LogP contribution in [0.1, 0.15) is 102 Å². The second-order valence-corrected chi connectivity index (χ2v) is 5.86. The average molecular weight is 313 g/mol. The topological polar surface area (TPSA) is 0 Å². The maximum Gasteiger partial charge on any atom is -0.0290 e. The third-order valence-corrected chi connectivity index (χ3v) is 3.11. The van der Waals surface area contributed by atoms with E-state index in [4.69, 9.17) is 0 Å². The van der Waals surface area contributed by atoms with E-state index in [0.717, 1.165) is 12.3 Å². The molecule has 0 rings (SSSR count). The Bertz CT molecular complexity index is 194. The third kappa shape index (κ3) is 31.7. The van der Waals surface area contributed by atoms with Gasteiger partial charge in [-0.05, 0) is 30.6 Å². The van der Waals surface area contributed by atoms with Crippen LogP contribution in [0.2, 0.25) is 0 Å². The van der Waals surface area contributed by atoms with Gasteiger partial charge in [0.05, 0.1) is 0 Å². The van der Waals surface area contributed by atoms with Gasteiger partial charge in [-0.1, -0.05) is 113 Å².